The van der Waals surface area contributed by atoms with Crippen LogP contribution in [0.5, 0.6) is 0 Å². The summed E-state index contributed by atoms with van der Waals surface area (Å²) in [7, 11) is 0. The molecule has 1 unspecified atom stereocenters. The van der Waals surface area contributed by atoms with Crippen molar-refractivity contribution in [1.82, 2.24) is 9.78 Å². The molecule has 1 aromatic carbocycles. The highest BCUT2D eigenvalue weighted by Gasteiger charge is 2.23. The van der Waals surface area contributed by atoms with Crippen molar-refractivity contribution in [3.63, 3.8) is 0 Å². The molecule has 0 aliphatic carbocycles. The number of benzene rings is 1. The third kappa shape index (κ3) is 2.43. The highest BCUT2D eigenvalue weighted by molar-refractivity contribution is 6.30. The number of halogens is 1. The van der Waals surface area contributed by atoms with Crippen molar-refractivity contribution < 1.29 is 5.11 Å². The number of aliphatic hydroxyl groups is 1. The third-order valence-corrected chi connectivity index (χ3v) is 2.66. The Hall–Kier alpha value is -1.32. The molecule has 3 nitrogen and oxygen atoms in total. The molecule has 1 N–H and O–H groups in total. The van der Waals surface area contributed by atoms with Gasteiger partial charge in [-0.25, -0.2) is 0 Å². The highest BCUT2D eigenvalue weighted by Crippen LogP contribution is 2.22. The Bertz CT molecular complexity index is 465. The smallest absolute Gasteiger partial charge is 0.106 e. The first-order valence-corrected chi connectivity index (χ1v) is 5.41. The summed E-state index contributed by atoms with van der Waals surface area (Å²) in [6, 6.07) is 9.51. The van der Waals surface area contributed by atoms with Crippen molar-refractivity contribution in [3.8, 4) is 0 Å². The number of hydrogen-bond acceptors (Lipinski definition) is 2. The van der Waals surface area contributed by atoms with Crippen molar-refractivity contribution >= 4 is 11.6 Å². The highest BCUT2D eigenvalue weighted by atomic mass is 35.5. The van der Waals surface area contributed by atoms with E-state index in [4.69, 9.17) is 11.6 Å². The van der Waals surface area contributed by atoms with E-state index in [1.807, 2.05) is 30.3 Å². The molecule has 2 aromatic rings. The Labute approximate surface area is 99.3 Å². The normalized spacial score (nSPS) is 14.7. The Morgan fingerprint density at radius 1 is 1.38 bits per heavy atom. The molecule has 1 aromatic heterocycles. The van der Waals surface area contributed by atoms with Crippen LogP contribution < -0.4 is 0 Å². The van der Waals surface area contributed by atoms with Gasteiger partial charge in [0.1, 0.15) is 5.60 Å². The lowest BCUT2D eigenvalue weighted by Crippen LogP contribution is -2.27. The van der Waals surface area contributed by atoms with E-state index in [0.29, 0.717) is 11.6 Å². The van der Waals surface area contributed by atoms with Crippen LogP contribution >= 0.6 is 11.6 Å². The number of aromatic nitrogens is 2. The summed E-state index contributed by atoms with van der Waals surface area (Å²) < 4.78 is 1.63. The van der Waals surface area contributed by atoms with Gasteiger partial charge in [-0.2, -0.15) is 5.10 Å². The molecule has 1 atom stereocenters. The SMILES string of the molecule is CC(O)(Cn1cc(Cl)cn1)c1ccccc1. The fourth-order valence-corrected chi connectivity index (χ4v) is 1.79. The third-order valence-electron chi connectivity index (χ3n) is 2.47. The summed E-state index contributed by atoms with van der Waals surface area (Å²) >= 11 is 5.77. The molecule has 0 saturated carbocycles. The van der Waals surface area contributed by atoms with Gasteiger partial charge in [0.05, 0.1) is 17.8 Å². The van der Waals surface area contributed by atoms with Gasteiger partial charge in [0.25, 0.3) is 0 Å². The minimum absolute atomic E-state index is 0.379. The summed E-state index contributed by atoms with van der Waals surface area (Å²) in [5.74, 6) is 0. The molecule has 0 aliphatic rings. The van der Waals surface area contributed by atoms with Gasteiger partial charge in [-0.3, -0.25) is 4.68 Å². The maximum Gasteiger partial charge on any atom is 0.106 e. The summed E-state index contributed by atoms with van der Waals surface area (Å²) in [6.45, 7) is 2.14. The van der Waals surface area contributed by atoms with Crippen molar-refractivity contribution in [2.75, 3.05) is 0 Å². The van der Waals surface area contributed by atoms with Crippen LogP contribution in [0, 0.1) is 0 Å². The van der Waals surface area contributed by atoms with Gasteiger partial charge < -0.3 is 5.11 Å². The molecule has 0 amide bonds. The molecular formula is C12H13ClN2O. The lowest BCUT2D eigenvalue weighted by molar-refractivity contribution is 0.0346. The van der Waals surface area contributed by atoms with Gasteiger partial charge in [0.15, 0.2) is 0 Å². The fraction of sp³-hybridized carbons (Fsp3) is 0.250. The zero-order valence-corrected chi connectivity index (χ0v) is 9.72. The molecule has 0 bridgehead atoms. The van der Waals surface area contributed by atoms with Gasteiger partial charge in [0, 0.05) is 6.20 Å². The summed E-state index contributed by atoms with van der Waals surface area (Å²) in [5.41, 5.74) is -0.0852. The van der Waals surface area contributed by atoms with E-state index in [-0.39, 0.29) is 0 Å². The predicted molar refractivity (Wildman–Crippen MR) is 63.2 cm³/mol. The maximum absolute atomic E-state index is 10.3. The van der Waals surface area contributed by atoms with Crippen LogP contribution in [0.1, 0.15) is 12.5 Å². The summed E-state index contributed by atoms with van der Waals surface area (Å²) in [5, 5.41) is 15.0. The van der Waals surface area contributed by atoms with E-state index >= 15 is 0 Å². The van der Waals surface area contributed by atoms with E-state index in [1.54, 1.807) is 24.0 Å². The number of rotatable bonds is 3. The minimum atomic E-state index is -0.948. The first-order chi connectivity index (χ1) is 7.58. The van der Waals surface area contributed by atoms with Gasteiger partial charge in [-0.05, 0) is 12.5 Å². The average molecular weight is 237 g/mol. The zero-order chi connectivity index (χ0) is 11.6. The Balaban J connectivity index is 2.20. The first kappa shape index (κ1) is 11.2. The molecule has 84 valence electrons. The molecule has 1 heterocycles. The van der Waals surface area contributed by atoms with Crippen LogP contribution in [0.4, 0.5) is 0 Å². The number of nitrogens with zero attached hydrogens (tertiary/aromatic N) is 2. The molecule has 0 fully saturated rings. The Kier molecular flexibility index (Phi) is 2.99. The van der Waals surface area contributed by atoms with E-state index < -0.39 is 5.60 Å². The maximum atomic E-state index is 10.3. The lowest BCUT2D eigenvalue weighted by Gasteiger charge is -2.23. The quantitative estimate of drug-likeness (QED) is 0.889. The van der Waals surface area contributed by atoms with Gasteiger partial charge in [0.2, 0.25) is 0 Å². The minimum Gasteiger partial charge on any atom is -0.384 e. The molecule has 4 heteroatoms. The second-order valence-corrected chi connectivity index (χ2v) is 4.43. The van der Waals surface area contributed by atoms with Crippen LogP contribution in [0.25, 0.3) is 0 Å². The van der Waals surface area contributed by atoms with E-state index in [0.717, 1.165) is 5.56 Å². The van der Waals surface area contributed by atoms with Crippen molar-refractivity contribution in [3.05, 3.63) is 53.3 Å². The van der Waals surface area contributed by atoms with Crippen LogP contribution in [0.3, 0.4) is 0 Å². The number of hydrogen-bond donors (Lipinski definition) is 1. The van der Waals surface area contributed by atoms with Gasteiger partial charge in [-0.1, -0.05) is 41.9 Å². The van der Waals surface area contributed by atoms with Crippen LogP contribution in [0.15, 0.2) is 42.7 Å². The van der Waals surface area contributed by atoms with E-state index in [2.05, 4.69) is 5.10 Å². The van der Waals surface area contributed by atoms with E-state index in [1.165, 1.54) is 0 Å². The van der Waals surface area contributed by atoms with E-state index in [9.17, 15) is 5.11 Å². The Morgan fingerprint density at radius 3 is 2.62 bits per heavy atom. The standard InChI is InChI=1S/C12H13ClN2O/c1-12(16,10-5-3-2-4-6-10)9-15-8-11(13)7-14-15/h2-8,16H,9H2,1H3. The van der Waals surface area contributed by atoms with Gasteiger partial charge in [-0.15, -0.1) is 0 Å². The first-order valence-electron chi connectivity index (χ1n) is 5.04. The Morgan fingerprint density at radius 2 is 2.06 bits per heavy atom. The monoisotopic (exact) mass is 236 g/mol. The molecule has 0 spiro atoms. The summed E-state index contributed by atoms with van der Waals surface area (Å²) in [4.78, 5) is 0. The summed E-state index contributed by atoms with van der Waals surface area (Å²) in [6.07, 6.45) is 3.25. The molecular weight excluding hydrogens is 224 g/mol. The molecule has 0 saturated heterocycles. The predicted octanol–water partition coefficient (Wildman–Crippen LogP) is 2.44. The molecule has 16 heavy (non-hydrogen) atoms. The zero-order valence-electron chi connectivity index (χ0n) is 8.97. The molecule has 2 rings (SSSR count). The second kappa shape index (κ2) is 4.28. The van der Waals surface area contributed by atoms with Crippen LogP contribution in [-0.2, 0) is 12.1 Å². The van der Waals surface area contributed by atoms with Crippen molar-refractivity contribution in [2.24, 2.45) is 0 Å². The molecule has 0 aliphatic heterocycles. The largest absolute Gasteiger partial charge is 0.384 e. The molecule has 0 radical (unpaired) electrons. The van der Waals surface area contributed by atoms with Crippen LogP contribution in [0.2, 0.25) is 5.02 Å². The fourth-order valence-electron chi connectivity index (χ4n) is 1.63. The van der Waals surface area contributed by atoms with Crippen molar-refractivity contribution in [2.45, 2.75) is 19.1 Å². The van der Waals surface area contributed by atoms with Gasteiger partial charge >= 0.3 is 0 Å². The van der Waals surface area contributed by atoms with Crippen LogP contribution in [-0.4, -0.2) is 14.9 Å². The van der Waals surface area contributed by atoms with Crippen molar-refractivity contribution in [1.29, 1.82) is 0 Å². The lowest BCUT2D eigenvalue weighted by atomic mass is 9.96. The topological polar surface area (TPSA) is 38.0 Å². The second-order valence-electron chi connectivity index (χ2n) is 4.00. The average Bonchev–Trinajstić information content (AvgIpc) is 2.64.